The van der Waals surface area contributed by atoms with E-state index in [2.05, 4.69) is 36.2 Å². The van der Waals surface area contributed by atoms with Gasteiger partial charge in [-0.15, -0.1) is 0 Å². The molecule has 0 spiro atoms. The van der Waals surface area contributed by atoms with Gasteiger partial charge in [-0.25, -0.2) is 0 Å². The van der Waals surface area contributed by atoms with Crippen molar-refractivity contribution in [1.82, 2.24) is 4.98 Å². The van der Waals surface area contributed by atoms with Crippen molar-refractivity contribution in [3.63, 3.8) is 0 Å². The molecule has 0 fully saturated rings. The molecule has 1 heterocycles. The molecule has 1 aromatic heterocycles. The molecule has 0 aliphatic heterocycles. The van der Waals surface area contributed by atoms with Crippen LogP contribution in [0.4, 0.5) is 0 Å². The zero-order chi connectivity index (χ0) is 13.2. The fraction of sp³-hybridized carbons (Fsp3) is 0.353. The number of benzene rings is 1. The van der Waals surface area contributed by atoms with Crippen LogP contribution in [0.15, 0.2) is 36.5 Å². The molecule has 0 amide bonds. The van der Waals surface area contributed by atoms with Crippen LogP contribution in [0.5, 0.6) is 0 Å². The molecule has 1 aliphatic carbocycles. The van der Waals surface area contributed by atoms with Crippen LogP contribution in [-0.4, -0.2) is 4.98 Å². The van der Waals surface area contributed by atoms with Crippen molar-refractivity contribution in [3.8, 4) is 0 Å². The molecule has 0 saturated carbocycles. The summed E-state index contributed by atoms with van der Waals surface area (Å²) in [4.78, 5) is 4.42. The minimum atomic E-state index is -0.0133. The van der Waals surface area contributed by atoms with Gasteiger partial charge < -0.3 is 5.73 Å². The highest BCUT2D eigenvalue weighted by Gasteiger charge is 2.14. The van der Waals surface area contributed by atoms with Gasteiger partial charge in [0.15, 0.2) is 0 Å². The Morgan fingerprint density at radius 1 is 1.21 bits per heavy atom. The summed E-state index contributed by atoms with van der Waals surface area (Å²) >= 11 is 0. The molecule has 1 unspecified atom stereocenters. The van der Waals surface area contributed by atoms with Gasteiger partial charge in [0, 0.05) is 6.20 Å². The highest BCUT2D eigenvalue weighted by Crippen LogP contribution is 2.25. The molecule has 2 heteroatoms. The monoisotopic (exact) mass is 252 g/mol. The SMILES string of the molecule is Cc1cccnc1C(N)Cc1ccc2c(c1)CCC2. The topological polar surface area (TPSA) is 38.9 Å². The average Bonchev–Trinajstić information content (AvgIpc) is 2.86. The van der Waals surface area contributed by atoms with E-state index in [9.17, 15) is 0 Å². The summed E-state index contributed by atoms with van der Waals surface area (Å²) in [5.74, 6) is 0. The minimum absolute atomic E-state index is 0.0133. The highest BCUT2D eigenvalue weighted by atomic mass is 14.8. The fourth-order valence-electron chi connectivity index (χ4n) is 2.99. The number of fused-ring (bicyclic) bond motifs is 1. The molecule has 0 saturated heterocycles. The Morgan fingerprint density at radius 2 is 2.05 bits per heavy atom. The number of aromatic nitrogens is 1. The van der Waals surface area contributed by atoms with Gasteiger partial charge in [0.2, 0.25) is 0 Å². The van der Waals surface area contributed by atoms with Crippen LogP contribution < -0.4 is 5.73 Å². The number of hydrogen-bond donors (Lipinski definition) is 1. The van der Waals surface area contributed by atoms with Crippen LogP contribution in [0.25, 0.3) is 0 Å². The standard InChI is InChI=1S/C17H20N2/c1-12-4-3-9-19-17(12)16(18)11-13-7-8-14-5-2-6-15(14)10-13/h3-4,7-10,16H,2,5-6,11,18H2,1H3. The van der Waals surface area contributed by atoms with Crippen LogP contribution in [0.3, 0.4) is 0 Å². The zero-order valence-corrected chi connectivity index (χ0v) is 11.4. The van der Waals surface area contributed by atoms with Crippen molar-refractivity contribution in [2.75, 3.05) is 0 Å². The molecule has 1 aromatic carbocycles. The van der Waals surface area contributed by atoms with Gasteiger partial charge in [-0.1, -0.05) is 24.3 Å². The van der Waals surface area contributed by atoms with Crippen LogP contribution in [-0.2, 0) is 19.3 Å². The van der Waals surface area contributed by atoms with Crippen molar-refractivity contribution >= 4 is 0 Å². The number of aryl methyl sites for hydroxylation is 3. The van der Waals surface area contributed by atoms with E-state index < -0.39 is 0 Å². The molecule has 3 rings (SSSR count). The van der Waals surface area contributed by atoms with Crippen LogP contribution in [0.2, 0.25) is 0 Å². The molecule has 1 atom stereocenters. The van der Waals surface area contributed by atoms with Crippen molar-refractivity contribution in [2.24, 2.45) is 5.73 Å². The van der Waals surface area contributed by atoms with E-state index in [1.165, 1.54) is 41.5 Å². The molecule has 0 radical (unpaired) electrons. The third kappa shape index (κ3) is 2.54. The molecule has 0 bridgehead atoms. The van der Waals surface area contributed by atoms with Gasteiger partial charge in [0.25, 0.3) is 0 Å². The van der Waals surface area contributed by atoms with E-state index in [0.29, 0.717) is 0 Å². The van der Waals surface area contributed by atoms with E-state index in [-0.39, 0.29) is 6.04 Å². The summed E-state index contributed by atoms with van der Waals surface area (Å²) in [6, 6.07) is 10.9. The Hall–Kier alpha value is -1.67. The zero-order valence-electron chi connectivity index (χ0n) is 11.4. The van der Waals surface area contributed by atoms with Crippen molar-refractivity contribution in [2.45, 2.75) is 38.6 Å². The summed E-state index contributed by atoms with van der Waals surface area (Å²) in [5, 5.41) is 0. The van der Waals surface area contributed by atoms with E-state index >= 15 is 0 Å². The Bertz CT molecular complexity index is 590. The highest BCUT2D eigenvalue weighted by molar-refractivity contribution is 5.36. The first-order chi connectivity index (χ1) is 9.24. The smallest absolute Gasteiger partial charge is 0.0603 e. The van der Waals surface area contributed by atoms with E-state index in [1.807, 2.05) is 12.3 Å². The van der Waals surface area contributed by atoms with Gasteiger partial charge in [0.1, 0.15) is 0 Å². The number of pyridine rings is 1. The lowest BCUT2D eigenvalue weighted by molar-refractivity contribution is 0.690. The lowest BCUT2D eigenvalue weighted by Crippen LogP contribution is -2.16. The molecule has 98 valence electrons. The second-order valence-electron chi connectivity index (χ2n) is 5.47. The maximum atomic E-state index is 6.31. The van der Waals surface area contributed by atoms with Crippen LogP contribution in [0.1, 0.15) is 40.4 Å². The van der Waals surface area contributed by atoms with Gasteiger partial charge in [-0.2, -0.15) is 0 Å². The Kier molecular flexibility index (Phi) is 3.34. The normalized spacial score (nSPS) is 15.3. The third-order valence-electron chi connectivity index (χ3n) is 4.02. The van der Waals surface area contributed by atoms with E-state index in [4.69, 9.17) is 5.73 Å². The summed E-state index contributed by atoms with van der Waals surface area (Å²) < 4.78 is 0. The van der Waals surface area contributed by atoms with E-state index in [1.54, 1.807) is 0 Å². The first-order valence-electron chi connectivity index (χ1n) is 7.02. The van der Waals surface area contributed by atoms with Crippen molar-refractivity contribution < 1.29 is 0 Å². The second kappa shape index (κ2) is 5.14. The largest absolute Gasteiger partial charge is 0.322 e. The average molecular weight is 252 g/mol. The molecular formula is C17H20N2. The molecule has 1 aliphatic rings. The van der Waals surface area contributed by atoms with Gasteiger partial charge in [-0.3, -0.25) is 4.98 Å². The molecule has 2 N–H and O–H groups in total. The number of nitrogens with zero attached hydrogens (tertiary/aromatic N) is 1. The first kappa shape index (κ1) is 12.4. The van der Waals surface area contributed by atoms with Gasteiger partial charge >= 0.3 is 0 Å². The third-order valence-corrected chi connectivity index (χ3v) is 4.02. The number of rotatable bonds is 3. The predicted molar refractivity (Wildman–Crippen MR) is 78.1 cm³/mol. The molecular weight excluding hydrogens is 232 g/mol. The summed E-state index contributed by atoms with van der Waals surface area (Å²) in [6.07, 6.45) is 6.45. The molecule has 2 aromatic rings. The molecule has 2 nitrogen and oxygen atoms in total. The second-order valence-corrected chi connectivity index (χ2v) is 5.47. The maximum absolute atomic E-state index is 6.31. The summed E-state index contributed by atoms with van der Waals surface area (Å²) in [5.41, 5.74) is 12.9. The maximum Gasteiger partial charge on any atom is 0.0603 e. The first-order valence-corrected chi connectivity index (χ1v) is 7.02. The Balaban J connectivity index is 1.80. The van der Waals surface area contributed by atoms with Gasteiger partial charge in [0.05, 0.1) is 11.7 Å². The Morgan fingerprint density at radius 3 is 2.89 bits per heavy atom. The van der Waals surface area contributed by atoms with Crippen LogP contribution in [0, 0.1) is 6.92 Å². The lowest BCUT2D eigenvalue weighted by Gasteiger charge is -2.14. The quantitative estimate of drug-likeness (QED) is 0.911. The van der Waals surface area contributed by atoms with Gasteiger partial charge in [-0.05, 0) is 60.9 Å². The van der Waals surface area contributed by atoms with Crippen LogP contribution >= 0.6 is 0 Å². The molecule has 19 heavy (non-hydrogen) atoms. The number of hydrogen-bond acceptors (Lipinski definition) is 2. The van der Waals surface area contributed by atoms with E-state index in [0.717, 1.165) is 12.1 Å². The summed E-state index contributed by atoms with van der Waals surface area (Å²) in [6.45, 7) is 2.07. The lowest BCUT2D eigenvalue weighted by atomic mass is 9.98. The minimum Gasteiger partial charge on any atom is -0.322 e. The Labute approximate surface area is 114 Å². The number of nitrogens with two attached hydrogens (primary N) is 1. The van der Waals surface area contributed by atoms with Crippen molar-refractivity contribution in [1.29, 1.82) is 0 Å². The predicted octanol–water partition coefficient (Wildman–Crippen LogP) is 3.12. The van der Waals surface area contributed by atoms with Crippen molar-refractivity contribution in [3.05, 3.63) is 64.5 Å². The summed E-state index contributed by atoms with van der Waals surface area (Å²) in [7, 11) is 0. The fourth-order valence-corrected chi connectivity index (χ4v) is 2.99.